The number of hydrogen-bond donors (Lipinski definition) is 1. The van der Waals surface area contributed by atoms with Crippen molar-refractivity contribution in [2.45, 2.75) is 66.6 Å². The fourth-order valence-electron chi connectivity index (χ4n) is 3.11. The van der Waals surface area contributed by atoms with E-state index in [0.717, 1.165) is 35.7 Å². The largest absolute Gasteiger partial charge is 0.349 e. The summed E-state index contributed by atoms with van der Waals surface area (Å²) in [4.78, 5) is 16.5. The van der Waals surface area contributed by atoms with E-state index >= 15 is 0 Å². The summed E-state index contributed by atoms with van der Waals surface area (Å²) in [6.07, 6.45) is 5.04. The van der Waals surface area contributed by atoms with Crippen molar-refractivity contribution in [3.63, 3.8) is 0 Å². The number of rotatable bonds is 7. The topological polar surface area (TPSA) is 64.7 Å². The van der Waals surface area contributed by atoms with Crippen molar-refractivity contribution in [3.8, 4) is 0 Å². The highest BCUT2D eigenvalue weighted by Gasteiger charge is 2.18. The molecule has 0 spiro atoms. The number of imidazole rings is 1. The fraction of sp³-hybridized carbons (Fsp3) is 0.588. The molecule has 2 aromatic rings. The van der Waals surface area contributed by atoms with Crippen LogP contribution in [0.25, 0.3) is 0 Å². The molecule has 0 bridgehead atoms. The van der Waals surface area contributed by atoms with Crippen LogP contribution in [0.4, 0.5) is 0 Å². The Bertz CT molecular complexity index is 671. The molecule has 1 amide bonds. The van der Waals surface area contributed by atoms with E-state index in [1.807, 2.05) is 29.3 Å². The van der Waals surface area contributed by atoms with Crippen LogP contribution in [0.1, 0.15) is 56.0 Å². The van der Waals surface area contributed by atoms with Gasteiger partial charge in [0.25, 0.3) is 0 Å². The van der Waals surface area contributed by atoms with Crippen LogP contribution in [0.2, 0.25) is 0 Å². The number of carbonyl (C=O) groups is 1. The van der Waals surface area contributed by atoms with Gasteiger partial charge in [0.15, 0.2) is 0 Å². The van der Waals surface area contributed by atoms with Gasteiger partial charge in [-0.2, -0.15) is 5.10 Å². The summed E-state index contributed by atoms with van der Waals surface area (Å²) >= 11 is 0. The molecule has 23 heavy (non-hydrogen) atoms. The maximum Gasteiger partial charge on any atom is 0.222 e. The number of nitrogens with one attached hydrogen (secondary N) is 1. The molecule has 0 aliphatic rings. The second-order valence-electron chi connectivity index (χ2n) is 5.83. The van der Waals surface area contributed by atoms with Crippen LogP contribution in [0.15, 0.2) is 12.4 Å². The van der Waals surface area contributed by atoms with Crippen LogP contribution < -0.4 is 5.32 Å². The molecule has 1 atom stereocenters. The molecule has 0 aliphatic heterocycles. The molecule has 0 fully saturated rings. The standard InChI is InChI=1S/C17H27N5O/c1-6-15-18-9-11-21(15)10-8-16(23)19-12(3)17-13(4)20-22(7-2)14(17)5/h9,11-12H,6-8,10H2,1-5H3,(H,19,23). The summed E-state index contributed by atoms with van der Waals surface area (Å²) in [5, 5.41) is 7.61. The summed E-state index contributed by atoms with van der Waals surface area (Å²) in [6, 6.07) is -0.0313. The van der Waals surface area contributed by atoms with Gasteiger partial charge in [0.2, 0.25) is 5.91 Å². The van der Waals surface area contributed by atoms with Gasteiger partial charge >= 0.3 is 0 Å². The average molecular weight is 317 g/mol. The SMILES string of the molecule is CCc1nccn1CCC(=O)NC(C)c1c(C)nn(CC)c1C. The van der Waals surface area contributed by atoms with E-state index in [4.69, 9.17) is 0 Å². The summed E-state index contributed by atoms with van der Waals surface area (Å²) in [5.41, 5.74) is 3.23. The molecule has 2 aromatic heterocycles. The highest BCUT2D eigenvalue weighted by atomic mass is 16.1. The quantitative estimate of drug-likeness (QED) is 0.853. The Balaban J connectivity index is 1.96. The van der Waals surface area contributed by atoms with Crippen molar-refractivity contribution in [3.05, 3.63) is 35.2 Å². The summed E-state index contributed by atoms with van der Waals surface area (Å²) in [5.74, 6) is 1.07. The lowest BCUT2D eigenvalue weighted by atomic mass is 10.1. The number of hydrogen-bond acceptors (Lipinski definition) is 3. The first-order valence-electron chi connectivity index (χ1n) is 8.31. The van der Waals surface area contributed by atoms with Gasteiger partial charge in [-0.15, -0.1) is 0 Å². The zero-order valence-electron chi connectivity index (χ0n) is 14.8. The minimum atomic E-state index is -0.0313. The van der Waals surface area contributed by atoms with Crippen molar-refractivity contribution >= 4 is 5.91 Å². The van der Waals surface area contributed by atoms with Gasteiger partial charge in [-0.25, -0.2) is 4.98 Å². The predicted molar refractivity (Wildman–Crippen MR) is 90.2 cm³/mol. The van der Waals surface area contributed by atoms with E-state index < -0.39 is 0 Å². The Kier molecular flexibility index (Phi) is 5.58. The first-order valence-corrected chi connectivity index (χ1v) is 8.31. The lowest BCUT2D eigenvalue weighted by Gasteiger charge is -2.15. The molecule has 0 radical (unpaired) electrons. The maximum atomic E-state index is 12.2. The van der Waals surface area contributed by atoms with Crippen molar-refractivity contribution in [1.82, 2.24) is 24.6 Å². The highest BCUT2D eigenvalue weighted by Crippen LogP contribution is 2.21. The van der Waals surface area contributed by atoms with Crippen molar-refractivity contribution in [2.24, 2.45) is 0 Å². The second-order valence-corrected chi connectivity index (χ2v) is 5.83. The van der Waals surface area contributed by atoms with E-state index in [-0.39, 0.29) is 11.9 Å². The zero-order valence-corrected chi connectivity index (χ0v) is 14.8. The van der Waals surface area contributed by atoms with Gasteiger partial charge in [-0.3, -0.25) is 9.48 Å². The molecule has 0 saturated carbocycles. The van der Waals surface area contributed by atoms with Crippen LogP contribution in [0.5, 0.6) is 0 Å². The molecular weight excluding hydrogens is 290 g/mol. The molecule has 126 valence electrons. The summed E-state index contributed by atoms with van der Waals surface area (Å²) in [6.45, 7) is 11.7. The third kappa shape index (κ3) is 3.81. The van der Waals surface area contributed by atoms with Crippen LogP contribution in [-0.4, -0.2) is 25.2 Å². The van der Waals surface area contributed by atoms with Gasteiger partial charge in [-0.1, -0.05) is 6.92 Å². The molecule has 1 unspecified atom stereocenters. The number of amides is 1. The van der Waals surface area contributed by atoms with E-state index in [0.29, 0.717) is 13.0 Å². The second kappa shape index (κ2) is 7.44. The van der Waals surface area contributed by atoms with Crippen molar-refractivity contribution in [2.75, 3.05) is 0 Å². The van der Waals surface area contributed by atoms with Crippen molar-refractivity contribution in [1.29, 1.82) is 0 Å². The Hall–Kier alpha value is -2.11. The third-order valence-corrected chi connectivity index (χ3v) is 4.25. The van der Waals surface area contributed by atoms with Crippen LogP contribution >= 0.6 is 0 Å². The number of carbonyl (C=O) groups excluding carboxylic acids is 1. The molecular formula is C17H27N5O. The summed E-state index contributed by atoms with van der Waals surface area (Å²) < 4.78 is 4.02. The van der Waals surface area contributed by atoms with Crippen molar-refractivity contribution < 1.29 is 4.79 Å². The van der Waals surface area contributed by atoms with E-state index in [1.165, 1.54) is 0 Å². The Morgan fingerprint density at radius 1 is 1.35 bits per heavy atom. The van der Waals surface area contributed by atoms with Gasteiger partial charge < -0.3 is 9.88 Å². The molecule has 6 nitrogen and oxygen atoms in total. The number of nitrogens with zero attached hydrogens (tertiary/aromatic N) is 4. The Labute approximate surface area is 137 Å². The van der Waals surface area contributed by atoms with Gasteiger partial charge in [0.1, 0.15) is 5.82 Å². The maximum absolute atomic E-state index is 12.2. The molecule has 2 heterocycles. The molecule has 2 rings (SSSR count). The minimum absolute atomic E-state index is 0.0313. The minimum Gasteiger partial charge on any atom is -0.349 e. The first kappa shape index (κ1) is 17.2. The van der Waals surface area contributed by atoms with Gasteiger partial charge in [0, 0.05) is 49.6 Å². The smallest absolute Gasteiger partial charge is 0.222 e. The molecule has 0 aromatic carbocycles. The molecule has 0 saturated heterocycles. The van der Waals surface area contributed by atoms with E-state index in [9.17, 15) is 4.79 Å². The van der Waals surface area contributed by atoms with Crippen LogP contribution in [-0.2, 0) is 24.3 Å². The molecule has 0 aliphatic carbocycles. The lowest BCUT2D eigenvalue weighted by Crippen LogP contribution is -2.28. The number of aryl methyl sites for hydroxylation is 4. The monoisotopic (exact) mass is 317 g/mol. The van der Waals surface area contributed by atoms with E-state index in [2.05, 4.69) is 36.2 Å². The first-order chi connectivity index (χ1) is 11.0. The predicted octanol–water partition coefficient (Wildman–Crippen LogP) is 2.55. The van der Waals surface area contributed by atoms with Crippen LogP contribution in [0.3, 0.4) is 0 Å². The van der Waals surface area contributed by atoms with E-state index in [1.54, 1.807) is 6.20 Å². The highest BCUT2D eigenvalue weighted by molar-refractivity contribution is 5.76. The van der Waals surface area contributed by atoms with Gasteiger partial charge in [0.05, 0.1) is 11.7 Å². The third-order valence-electron chi connectivity index (χ3n) is 4.25. The Morgan fingerprint density at radius 2 is 2.09 bits per heavy atom. The summed E-state index contributed by atoms with van der Waals surface area (Å²) in [7, 11) is 0. The normalized spacial score (nSPS) is 12.4. The Morgan fingerprint density at radius 3 is 2.70 bits per heavy atom. The zero-order chi connectivity index (χ0) is 17.0. The molecule has 6 heteroatoms. The van der Waals surface area contributed by atoms with Gasteiger partial charge in [-0.05, 0) is 27.7 Å². The fourth-order valence-corrected chi connectivity index (χ4v) is 3.11. The molecule has 1 N–H and O–H groups in total. The average Bonchev–Trinajstić information content (AvgIpc) is 3.08. The lowest BCUT2D eigenvalue weighted by molar-refractivity contribution is -0.121. The number of aromatic nitrogens is 4. The van der Waals surface area contributed by atoms with Crippen LogP contribution in [0, 0.1) is 13.8 Å².